The molecule has 0 amide bonds. The van der Waals surface area contributed by atoms with Crippen LogP contribution >= 0.6 is 0 Å². The Morgan fingerprint density at radius 2 is 0.912 bits per heavy atom. The van der Waals surface area contributed by atoms with E-state index in [1.165, 1.54) is 0 Å². The van der Waals surface area contributed by atoms with E-state index in [4.69, 9.17) is 21.7 Å². The van der Waals surface area contributed by atoms with Crippen LogP contribution in [0.15, 0.2) is 36.4 Å². The van der Waals surface area contributed by atoms with Crippen LogP contribution in [0.4, 0.5) is 11.4 Å². The number of aliphatic carboxylic acids is 2. The minimum Gasteiger partial charge on any atom is -0.481 e. The molecule has 6 nitrogen and oxygen atoms in total. The van der Waals surface area contributed by atoms with E-state index < -0.39 is 11.9 Å². The van der Waals surface area contributed by atoms with Crippen molar-refractivity contribution >= 4 is 23.3 Å². The summed E-state index contributed by atoms with van der Waals surface area (Å²) in [6.07, 6.45) is 12.1. The Bertz CT molecular complexity index is 851. The third kappa shape index (κ3) is 10.3. The Morgan fingerprint density at radius 1 is 0.559 bits per heavy atom. The fraction of sp³-hybridized carbons (Fsp3) is 0.500. The van der Waals surface area contributed by atoms with Crippen LogP contribution in [0, 0.1) is 0 Å². The molecule has 0 spiro atoms. The lowest BCUT2D eigenvalue weighted by atomic mass is 9.95. The van der Waals surface area contributed by atoms with E-state index in [1.807, 2.05) is 12.1 Å². The molecule has 0 aliphatic carbocycles. The van der Waals surface area contributed by atoms with E-state index in [0.717, 1.165) is 111 Å². The van der Waals surface area contributed by atoms with E-state index in [1.54, 1.807) is 0 Å². The monoisotopic (exact) mass is 468 g/mol. The fourth-order valence-corrected chi connectivity index (χ4v) is 4.25. The van der Waals surface area contributed by atoms with Crippen LogP contribution < -0.4 is 11.5 Å². The first-order valence-corrected chi connectivity index (χ1v) is 12.6. The predicted octanol–water partition coefficient (Wildman–Crippen LogP) is 6.45. The number of rotatable bonds is 17. The molecule has 0 radical (unpaired) electrons. The lowest BCUT2D eigenvalue weighted by Crippen LogP contribution is -1.98. The maximum Gasteiger partial charge on any atom is 0.303 e. The standard InChI is InChI=1S/C28H40N2O4/c29-25-17-15-21(19-23(25)11-7-3-1-5-9-13-27(31)32)22-16-18-26(30)24(20-22)12-8-4-2-6-10-14-28(33)34/h15-20H,1-14,29-30H2,(H,31,32)(H,33,34). The first kappa shape index (κ1) is 27.2. The van der Waals surface area contributed by atoms with Gasteiger partial charge in [0.25, 0.3) is 0 Å². The number of aryl methyl sites for hydroxylation is 2. The van der Waals surface area contributed by atoms with Gasteiger partial charge >= 0.3 is 11.9 Å². The van der Waals surface area contributed by atoms with E-state index >= 15 is 0 Å². The van der Waals surface area contributed by atoms with E-state index in [9.17, 15) is 9.59 Å². The van der Waals surface area contributed by atoms with Crippen LogP contribution in [0.25, 0.3) is 11.1 Å². The molecule has 0 unspecified atom stereocenters. The number of nitrogens with two attached hydrogens (primary N) is 2. The topological polar surface area (TPSA) is 127 Å². The van der Waals surface area contributed by atoms with E-state index in [-0.39, 0.29) is 12.8 Å². The lowest BCUT2D eigenvalue weighted by Gasteiger charge is -2.12. The molecule has 0 aliphatic rings. The molecule has 6 N–H and O–H groups in total. The van der Waals surface area contributed by atoms with Crippen molar-refractivity contribution in [1.82, 2.24) is 0 Å². The minimum atomic E-state index is -0.719. The molecule has 0 bridgehead atoms. The summed E-state index contributed by atoms with van der Waals surface area (Å²) in [5.41, 5.74) is 18.7. The van der Waals surface area contributed by atoms with Gasteiger partial charge in [-0.2, -0.15) is 0 Å². The summed E-state index contributed by atoms with van der Waals surface area (Å²) in [4.78, 5) is 21.2. The highest BCUT2D eigenvalue weighted by atomic mass is 16.4. The van der Waals surface area contributed by atoms with Crippen molar-refractivity contribution in [2.75, 3.05) is 11.5 Å². The number of unbranched alkanes of at least 4 members (excludes halogenated alkanes) is 8. The highest BCUT2D eigenvalue weighted by molar-refractivity contribution is 5.71. The van der Waals surface area contributed by atoms with Gasteiger partial charge < -0.3 is 21.7 Å². The van der Waals surface area contributed by atoms with Gasteiger partial charge in [0.15, 0.2) is 0 Å². The Morgan fingerprint density at radius 3 is 1.29 bits per heavy atom. The molecule has 0 saturated carbocycles. The molecule has 2 aromatic rings. The number of anilines is 2. The van der Waals surface area contributed by atoms with Crippen LogP contribution in [-0.4, -0.2) is 22.2 Å². The number of carboxylic acid groups (broad SMARTS) is 2. The van der Waals surface area contributed by atoms with Gasteiger partial charge in [-0.25, -0.2) is 0 Å². The van der Waals surface area contributed by atoms with Gasteiger partial charge in [0.05, 0.1) is 0 Å². The highest BCUT2D eigenvalue weighted by Gasteiger charge is 2.07. The quantitative estimate of drug-likeness (QED) is 0.156. The maximum atomic E-state index is 10.6. The van der Waals surface area contributed by atoms with Gasteiger partial charge in [-0.3, -0.25) is 9.59 Å². The average molecular weight is 469 g/mol. The third-order valence-electron chi connectivity index (χ3n) is 6.29. The number of carboxylic acids is 2. The zero-order chi connectivity index (χ0) is 24.8. The molecule has 6 heteroatoms. The summed E-state index contributed by atoms with van der Waals surface area (Å²) in [7, 11) is 0. The number of hydrogen-bond donors (Lipinski definition) is 4. The molecular weight excluding hydrogens is 428 g/mol. The van der Waals surface area contributed by atoms with Crippen LogP contribution in [0.2, 0.25) is 0 Å². The van der Waals surface area contributed by atoms with Gasteiger partial charge in [-0.1, -0.05) is 50.7 Å². The summed E-state index contributed by atoms with van der Waals surface area (Å²) in [6, 6.07) is 12.4. The van der Waals surface area contributed by atoms with Crippen LogP contribution in [0.3, 0.4) is 0 Å². The van der Waals surface area contributed by atoms with Crippen molar-refractivity contribution in [2.24, 2.45) is 0 Å². The summed E-state index contributed by atoms with van der Waals surface area (Å²) in [6.45, 7) is 0. The Balaban J connectivity index is 1.86. The van der Waals surface area contributed by atoms with E-state index in [0.29, 0.717) is 0 Å². The second-order valence-corrected chi connectivity index (χ2v) is 9.15. The number of nitrogen functional groups attached to an aromatic ring is 2. The molecule has 2 rings (SSSR count). The molecule has 0 fully saturated rings. The molecule has 0 aromatic heterocycles. The average Bonchev–Trinajstić information content (AvgIpc) is 2.79. The molecule has 0 heterocycles. The summed E-state index contributed by atoms with van der Waals surface area (Å²) >= 11 is 0. The first-order valence-electron chi connectivity index (χ1n) is 12.6. The van der Waals surface area contributed by atoms with Gasteiger partial charge in [0.1, 0.15) is 0 Å². The van der Waals surface area contributed by atoms with Gasteiger partial charge in [-0.05, 0) is 85.0 Å². The van der Waals surface area contributed by atoms with Crippen molar-refractivity contribution in [1.29, 1.82) is 0 Å². The van der Waals surface area contributed by atoms with Crippen molar-refractivity contribution in [2.45, 2.75) is 89.9 Å². The summed E-state index contributed by atoms with van der Waals surface area (Å²) in [5, 5.41) is 17.4. The number of benzene rings is 2. The molecular formula is C28H40N2O4. The molecule has 186 valence electrons. The second kappa shape index (κ2) is 15.0. The predicted molar refractivity (Wildman–Crippen MR) is 139 cm³/mol. The molecule has 34 heavy (non-hydrogen) atoms. The highest BCUT2D eigenvalue weighted by Crippen LogP contribution is 2.28. The van der Waals surface area contributed by atoms with Gasteiger partial charge in [0.2, 0.25) is 0 Å². The van der Waals surface area contributed by atoms with Crippen molar-refractivity contribution < 1.29 is 19.8 Å². The summed E-state index contributed by atoms with van der Waals surface area (Å²) < 4.78 is 0. The zero-order valence-corrected chi connectivity index (χ0v) is 20.2. The summed E-state index contributed by atoms with van der Waals surface area (Å²) in [5.74, 6) is -1.44. The number of carbonyl (C=O) groups is 2. The lowest BCUT2D eigenvalue weighted by molar-refractivity contribution is -0.138. The van der Waals surface area contributed by atoms with E-state index in [2.05, 4.69) is 24.3 Å². The Labute approximate surface area is 203 Å². The van der Waals surface area contributed by atoms with Crippen LogP contribution in [0.5, 0.6) is 0 Å². The molecule has 0 saturated heterocycles. The SMILES string of the molecule is Nc1ccc(-c2ccc(N)c(CCCCCCCC(=O)O)c2)cc1CCCCCCCC(=O)O. The Hall–Kier alpha value is -3.02. The normalized spacial score (nSPS) is 10.9. The zero-order valence-electron chi connectivity index (χ0n) is 20.2. The largest absolute Gasteiger partial charge is 0.481 e. The number of hydrogen-bond acceptors (Lipinski definition) is 4. The second-order valence-electron chi connectivity index (χ2n) is 9.15. The van der Waals surface area contributed by atoms with Gasteiger partial charge in [-0.15, -0.1) is 0 Å². The van der Waals surface area contributed by atoms with Crippen molar-refractivity contribution in [3.8, 4) is 11.1 Å². The fourth-order valence-electron chi connectivity index (χ4n) is 4.25. The minimum absolute atomic E-state index is 0.255. The smallest absolute Gasteiger partial charge is 0.303 e. The molecule has 2 aromatic carbocycles. The maximum absolute atomic E-state index is 10.6. The van der Waals surface area contributed by atoms with Crippen molar-refractivity contribution in [3.63, 3.8) is 0 Å². The molecule has 0 atom stereocenters. The van der Waals surface area contributed by atoms with Crippen molar-refractivity contribution in [3.05, 3.63) is 47.5 Å². The first-order chi connectivity index (χ1) is 16.4. The van der Waals surface area contributed by atoms with Crippen LogP contribution in [-0.2, 0) is 22.4 Å². The molecule has 0 aliphatic heterocycles. The Kier molecular flexibility index (Phi) is 12.0. The van der Waals surface area contributed by atoms with Gasteiger partial charge in [0, 0.05) is 24.2 Å². The third-order valence-corrected chi connectivity index (χ3v) is 6.29. The van der Waals surface area contributed by atoms with Crippen LogP contribution in [0.1, 0.15) is 88.2 Å².